The molecule has 2 atom stereocenters. The molecule has 2 nitrogen and oxygen atoms in total. The quantitative estimate of drug-likeness (QED) is 0.875. The summed E-state index contributed by atoms with van der Waals surface area (Å²) in [4.78, 5) is 0. The van der Waals surface area contributed by atoms with Crippen molar-refractivity contribution in [3.05, 3.63) is 34.9 Å². The van der Waals surface area contributed by atoms with E-state index in [0.717, 1.165) is 12.0 Å². The normalized spacial score (nSPS) is 26.4. The molecule has 0 amide bonds. The topological polar surface area (TPSA) is 29.5 Å². The Hall–Kier alpha value is -0.860. The Morgan fingerprint density at radius 3 is 2.26 bits per heavy atom. The van der Waals surface area contributed by atoms with Crippen molar-refractivity contribution >= 4 is 0 Å². The minimum absolute atomic E-state index is 0.129. The van der Waals surface area contributed by atoms with Gasteiger partial charge in [-0.1, -0.05) is 18.2 Å². The van der Waals surface area contributed by atoms with Gasteiger partial charge >= 0.3 is 0 Å². The fourth-order valence-corrected chi connectivity index (χ4v) is 3.28. The van der Waals surface area contributed by atoms with E-state index in [-0.39, 0.29) is 17.1 Å². The first-order valence-corrected chi connectivity index (χ1v) is 7.08. The lowest BCUT2D eigenvalue weighted by molar-refractivity contribution is -0.0880. The summed E-state index contributed by atoms with van der Waals surface area (Å²) in [5.74, 6) is 0.129. The zero-order chi connectivity index (χ0) is 14.4. The van der Waals surface area contributed by atoms with Crippen LogP contribution in [0.4, 0.5) is 0 Å². The summed E-state index contributed by atoms with van der Waals surface area (Å²) in [5, 5.41) is 10.7. The zero-order valence-corrected chi connectivity index (χ0v) is 12.9. The third kappa shape index (κ3) is 2.85. The van der Waals surface area contributed by atoms with Crippen molar-refractivity contribution in [3.63, 3.8) is 0 Å². The SMILES string of the molecule is Cc1ccc(C(O)C2CC(C)(C)OC2(C)C)cc1C. The second kappa shape index (κ2) is 4.60. The van der Waals surface area contributed by atoms with Crippen LogP contribution < -0.4 is 0 Å². The summed E-state index contributed by atoms with van der Waals surface area (Å²) in [5.41, 5.74) is 3.05. The second-order valence-electron chi connectivity index (χ2n) is 7.06. The van der Waals surface area contributed by atoms with Crippen LogP contribution in [-0.2, 0) is 4.74 Å². The lowest BCUT2D eigenvalue weighted by atomic mass is 9.80. The van der Waals surface area contributed by atoms with Gasteiger partial charge in [-0.15, -0.1) is 0 Å². The summed E-state index contributed by atoms with van der Waals surface area (Å²) in [7, 11) is 0. The van der Waals surface area contributed by atoms with E-state index in [4.69, 9.17) is 4.74 Å². The van der Waals surface area contributed by atoms with Crippen LogP contribution in [0.2, 0.25) is 0 Å². The van der Waals surface area contributed by atoms with Crippen LogP contribution in [0, 0.1) is 19.8 Å². The van der Waals surface area contributed by atoms with Gasteiger partial charge in [0.2, 0.25) is 0 Å². The first-order chi connectivity index (χ1) is 8.62. The molecule has 1 aliphatic heterocycles. The number of hydrogen-bond donors (Lipinski definition) is 1. The van der Waals surface area contributed by atoms with Gasteiger partial charge in [0.1, 0.15) is 0 Å². The van der Waals surface area contributed by atoms with Crippen molar-refractivity contribution in [1.29, 1.82) is 0 Å². The average Bonchev–Trinajstić information content (AvgIpc) is 2.49. The van der Waals surface area contributed by atoms with Gasteiger partial charge in [-0.05, 0) is 64.7 Å². The predicted octanol–water partition coefficient (Wildman–Crippen LogP) is 3.93. The van der Waals surface area contributed by atoms with Crippen LogP contribution in [0.15, 0.2) is 18.2 Å². The molecule has 1 fully saturated rings. The molecule has 1 heterocycles. The van der Waals surface area contributed by atoms with Crippen LogP contribution in [-0.4, -0.2) is 16.3 Å². The van der Waals surface area contributed by atoms with Gasteiger partial charge in [0.05, 0.1) is 17.3 Å². The standard InChI is InChI=1S/C17H26O2/c1-11-7-8-13(9-12(11)2)15(18)14-10-16(3,4)19-17(14,5)6/h7-9,14-15,18H,10H2,1-6H3. The van der Waals surface area contributed by atoms with Gasteiger partial charge in [-0.3, -0.25) is 0 Å². The molecule has 2 heteroatoms. The van der Waals surface area contributed by atoms with Gasteiger partial charge in [0.25, 0.3) is 0 Å². The number of rotatable bonds is 2. The van der Waals surface area contributed by atoms with Crippen LogP contribution in [0.25, 0.3) is 0 Å². The van der Waals surface area contributed by atoms with Crippen LogP contribution in [0.5, 0.6) is 0 Å². The summed E-state index contributed by atoms with van der Waals surface area (Å²) in [6.07, 6.45) is 0.421. The Bertz CT molecular complexity index is 474. The molecule has 1 aliphatic rings. The number of ether oxygens (including phenoxy) is 1. The molecular formula is C17H26O2. The number of hydrogen-bond acceptors (Lipinski definition) is 2. The second-order valence-corrected chi connectivity index (χ2v) is 7.06. The van der Waals surface area contributed by atoms with E-state index in [0.29, 0.717) is 0 Å². The zero-order valence-electron chi connectivity index (χ0n) is 12.9. The van der Waals surface area contributed by atoms with Crippen molar-refractivity contribution < 1.29 is 9.84 Å². The summed E-state index contributed by atoms with van der Waals surface area (Å²) in [6.45, 7) is 12.5. The largest absolute Gasteiger partial charge is 0.388 e. The molecular weight excluding hydrogens is 236 g/mol. The van der Waals surface area contributed by atoms with Gasteiger partial charge in [-0.25, -0.2) is 0 Å². The average molecular weight is 262 g/mol. The molecule has 0 saturated carbocycles. The van der Waals surface area contributed by atoms with Gasteiger partial charge in [0, 0.05) is 5.92 Å². The number of aliphatic hydroxyl groups is 1. The summed E-state index contributed by atoms with van der Waals surface area (Å²) in [6, 6.07) is 6.22. The van der Waals surface area contributed by atoms with E-state index in [1.54, 1.807) is 0 Å². The molecule has 1 N–H and O–H groups in total. The monoisotopic (exact) mass is 262 g/mol. The Kier molecular flexibility index (Phi) is 3.53. The number of aliphatic hydroxyl groups excluding tert-OH is 1. The molecule has 1 aromatic carbocycles. The van der Waals surface area contributed by atoms with Crippen molar-refractivity contribution in [3.8, 4) is 0 Å². The highest BCUT2D eigenvalue weighted by Crippen LogP contribution is 2.47. The number of aryl methyl sites for hydroxylation is 2. The number of benzene rings is 1. The fourth-order valence-electron chi connectivity index (χ4n) is 3.28. The van der Waals surface area contributed by atoms with E-state index >= 15 is 0 Å². The fraction of sp³-hybridized carbons (Fsp3) is 0.647. The molecule has 0 bridgehead atoms. The highest BCUT2D eigenvalue weighted by Gasteiger charge is 2.49. The van der Waals surface area contributed by atoms with Crippen molar-refractivity contribution in [1.82, 2.24) is 0 Å². The van der Waals surface area contributed by atoms with Crippen LogP contribution in [0.3, 0.4) is 0 Å². The summed E-state index contributed by atoms with van der Waals surface area (Å²) >= 11 is 0. The molecule has 19 heavy (non-hydrogen) atoms. The van der Waals surface area contributed by atoms with E-state index in [1.807, 2.05) is 6.07 Å². The molecule has 0 aromatic heterocycles. The van der Waals surface area contributed by atoms with Crippen LogP contribution in [0.1, 0.15) is 56.9 Å². The van der Waals surface area contributed by atoms with Gasteiger partial charge in [-0.2, -0.15) is 0 Å². The Labute approximate surface area is 116 Å². The highest BCUT2D eigenvalue weighted by atomic mass is 16.5. The maximum absolute atomic E-state index is 10.7. The first-order valence-electron chi connectivity index (χ1n) is 7.08. The van der Waals surface area contributed by atoms with E-state index in [9.17, 15) is 5.11 Å². The Balaban J connectivity index is 2.28. The lowest BCUT2D eigenvalue weighted by Crippen LogP contribution is -2.32. The van der Waals surface area contributed by atoms with Crippen molar-refractivity contribution in [2.24, 2.45) is 5.92 Å². The third-order valence-electron chi connectivity index (χ3n) is 4.40. The molecule has 0 spiro atoms. The maximum atomic E-state index is 10.7. The smallest absolute Gasteiger partial charge is 0.0846 e. The lowest BCUT2D eigenvalue weighted by Gasteiger charge is -2.30. The van der Waals surface area contributed by atoms with Crippen molar-refractivity contribution in [2.75, 3.05) is 0 Å². The predicted molar refractivity (Wildman–Crippen MR) is 78.2 cm³/mol. The third-order valence-corrected chi connectivity index (χ3v) is 4.40. The van der Waals surface area contributed by atoms with E-state index in [1.165, 1.54) is 11.1 Å². The minimum Gasteiger partial charge on any atom is -0.388 e. The molecule has 106 valence electrons. The van der Waals surface area contributed by atoms with Crippen LogP contribution >= 0.6 is 0 Å². The maximum Gasteiger partial charge on any atom is 0.0846 e. The molecule has 0 radical (unpaired) electrons. The molecule has 0 aliphatic carbocycles. The summed E-state index contributed by atoms with van der Waals surface area (Å²) < 4.78 is 6.09. The van der Waals surface area contributed by atoms with Crippen molar-refractivity contribution in [2.45, 2.75) is 65.3 Å². The van der Waals surface area contributed by atoms with E-state index < -0.39 is 6.10 Å². The Morgan fingerprint density at radius 2 is 1.79 bits per heavy atom. The first kappa shape index (κ1) is 14.5. The Morgan fingerprint density at radius 1 is 1.16 bits per heavy atom. The minimum atomic E-state index is -0.462. The van der Waals surface area contributed by atoms with Gasteiger partial charge < -0.3 is 9.84 Å². The molecule has 2 rings (SSSR count). The van der Waals surface area contributed by atoms with E-state index in [2.05, 4.69) is 53.7 Å². The van der Waals surface area contributed by atoms with Gasteiger partial charge in [0.15, 0.2) is 0 Å². The molecule has 1 saturated heterocycles. The molecule has 2 unspecified atom stereocenters. The molecule has 1 aromatic rings. The highest BCUT2D eigenvalue weighted by molar-refractivity contribution is 5.31.